The van der Waals surface area contributed by atoms with Gasteiger partial charge in [0.25, 0.3) is 0 Å². The highest BCUT2D eigenvalue weighted by Crippen LogP contribution is 2.40. The van der Waals surface area contributed by atoms with Gasteiger partial charge in [0.05, 0.1) is 24.2 Å². The number of likely N-dealkylation sites (N-methyl/N-ethyl adjacent to an activating group) is 2. The van der Waals surface area contributed by atoms with Crippen LogP contribution in [0.15, 0.2) is 36.4 Å². The highest BCUT2D eigenvalue weighted by atomic mass is 16.5. The molecule has 8 nitrogen and oxygen atoms in total. The van der Waals surface area contributed by atoms with Gasteiger partial charge in [-0.15, -0.1) is 0 Å². The first-order valence-electron chi connectivity index (χ1n) is 12.9. The summed E-state index contributed by atoms with van der Waals surface area (Å²) in [5.74, 6) is 0.901. The van der Waals surface area contributed by atoms with Gasteiger partial charge in [0.2, 0.25) is 5.91 Å². The molecule has 1 aliphatic carbocycles. The Morgan fingerprint density at radius 2 is 1.92 bits per heavy atom. The summed E-state index contributed by atoms with van der Waals surface area (Å²) < 4.78 is 11.4. The van der Waals surface area contributed by atoms with Crippen LogP contribution in [0.25, 0.3) is 0 Å². The molecule has 1 fully saturated rings. The van der Waals surface area contributed by atoms with E-state index in [1.54, 1.807) is 7.11 Å². The molecule has 0 saturated heterocycles. The third-order valence-corrected chi connectivity index (χ3v) is 7.39. The number of rotatable bonds is 8. The second-order valence-corrected chi connectivity index (χ2v) is 10.2. The Morgan fingerprint density at radius 3 is 2.64 bits per heavy atom. The molecule has 196 valence electrons. The van der Waals surface area contributed by atoms with E-state index in [0.717, 1.165) is 61.5 Å². The number of ether oxygens (including phenoxy) is 2. The van der Waals surface area contributed by atoms with Gasteiger partial charge >= 0.3 is 0 Å². The summed E-state index contributed by atoms with van der Waals surface area (Å²) in [5.41, 5.74) is 5.34. The number of nitrogens with one attached hydrogen (secondary N) is 2. The van der Waals surface area contributed by atoms with Gasteiger partial charge in [0.1, 0.15) is 19.2 Å². The van der Waals surface area contributed by atoms with E-state index in [-0.39, 0.29) is 11.8 Å². The van der Waals surface area contributed by atoms with E-state index in [1.807, 2.05) is 25.1 Å². The molecule has 2 aliphatic rings. The lowest BCUT2D eigenvalue weighted by atomic mass is 9.84. The molecule has 1 heterocycles. The van der Waals surface area contributed by atoms with Gasteiger partial charge in [-0.3, -0.25) is 4.79 Å². The average Bonchev–Trinajstić information content (AvgIpc) is 3.11. The van der Waals surface area contributed by atoms with E-state index >= 15 is 0 Å². The zero-order chi connectivity index (χ0) is 25.7. The van der Waals surface area contributed by atoms with Crippen LogP contribution >= 0.6 is 0 Å². The van der Waals surface area contributed by atoms with E-state index in [1.165, 1.54) is 11.4 Å². The molecule has 1 amide bonds. The summed E-state index contributed by atoms with van der Waals surface area (Å²) in [5, 5.41) is 6.60. The topological polar surface area (TPSA) is 69.3 Å². The maximum Gasteiger partial charge on any atom is 0.227 e. The number of carbonyl (C=O) groups excluding carboxylic acids is 1. The third-order valence-electron chi connectivity index (χ3n) is 7.39. The maximum absolute atomic E-state index is 13.0. The maximum atomic E-state index is 13.0. The highest BCUT2D eigenvalue weighted by Gasteiger charge is 2.32. The van der Waals surface area contributed by atoms with Gasteiger partial charge in [0, 0.05) is 43.9 Å². The highest BCUT2D eigenvalue weighted by molar-refractivity contribution is 5.93. The smallest absolute Gasteiger partial charge is 0.227 e. The molecule has 8 heteroatoms. The van der Waals surface area contributed by atoms with Gasteiger partial charge in [-0.05, 0) is 70.5 Å². The molecule has 36 heavy (non-hydrogen) atoms. The molecule has 4 rings (SSSR count). The molecule has 0 radical (unpaired) electrons. The van der Waals surface area contributed by atoms with Crippen LogP contribution in [0.4, 0.5) is 22.7 Å². The Kier molecular flexibility index (Phi) is 8.59. The predicted octanol–water partition coefficient (Wildman–Crippen LogP) is 4.36. The first-order valence-corrected chi connectivity index (χ1v) is 12.9. The number of aryl methyl sites for hydroxylation is 1. The summed E-state index contributed by atoms with van der Waals surface area (Å²) in [4.78, 5) is 19.9. The lowest BCUT2D eigenvalue weighted by Gasteiger charge is -2.38. The van der Waals surface area contributed by atoms with E-state index in [2.05, 4.69) is 64.7 Å². The molecular formula is C28H41N5O3. The number of hydrogen-bond acceptors (Lipinski definition) is 7. The Bertz CT molecular complexity index is 1040. The third kappa shape index (κ3) is 6.05. The minimum absolute atomic E-state index is 0.0162. The van der Waals surface area contributed by atoms with E-state index in [0.29, 0.717) is 19.5 Å². The van der Waals surface area contributed by atoms with Gasteiger partial charge in [-0.1, -0.05) is 12.1 Å². The Labute approximate surface area is 215 Å². The molecule has 1 saturated carbocycles. The number of nitrogens with zero attached hydrogens (tertiary/aromatic N) is 3. The average molecular weight is 496 g/mol. The van der Waals surface area contributed by atoms with Crippen LogP contribution < -0.4 is 25.2 Å². The van der Waals surface area contributed by atoms with Crippen molar-refractivity contribution >= 4 is 28.7 Å². The van der Waals surface area contributed by atoms with Crippen molar-refractivity contribution in [2.45, 2.75) is 38.6 Å². The summed E-state index contributed by atoms with van der Waals surface area (Å²) in [6.07, 6.45) is 3.64. The van der Waals surface area contributed by atoms with Gasteiger partial charge in [-0.25, -0.2) is 0 Å². The first kappa shape index (κ1) is 26.1. The predicted molar refractivity (Wildman–Crippen MR) is 147 cm³/mol. The largest absolute Gasteiger partial charge is 0.496 e. The molecule has 2 N–H and O–H groups in total. The molecule has 0 aromatic heterocycles. The lowest BCUT2D eigenvalue weighted by Crippen LogP contribution is -2.41. The number of benzene rings is 2. The van der Waals surface area contributed by atoms with E-state index in [4.69, 9.17) is 9.47 Å². The molecule has 0 atom stereocenters. The fraction of sp³-hybridized carbons (Fsp3) is 0.536. The van der Waals surface area contributed by atoms with Crippen LogP contribution in [0.2, 0.25) is 0 Å². The second kappa shape index (κ2) is 11.8. The molecule has 0 bridgehead atoms. The fourth-order valence-electron chi connectivity index (χ4n) is 5.17. The fourth-order valence-corrected chi connectivity index (χ4v) is 5.17. The van der Waals surface area contributed by atoms with Crippen molar-refractivity contribution in [1.82, 2.24) is 4.90 Å². The van der Waals surface area contributed by atoms with E-state index < -0.39 is 0 Å². The summed E-state index contributed by atoms with van der Waals surface area (Å²) in [7, 11) is 7.99. The summed E-state index contributed by atoms with van der Waals surface area (Å²) >= 11 is 0. The quantitative estimate of drug-likeness (QED) is 0.564. The van der Waals surface area contributed by atoms with Gasteiger partial charge in [-0.2, -0.15) is 0 Å². The number of fused-ring (bicyclic) bond motifs is 1. The molecule has 1 aliphatic heterocycles. The molecular weight excluding hydrogens is 454 g/mol. The summed E-state index contributed by atoms with van der Waals surface area (Å²) in [6.45, 7) is 4.97. The van der Waals surface area contributed by atoms with Crippen LogP contribution in [0.5, 0.6) is 5.75 Å². The number of hydrogen-bond donors (Lipinski definition) is 2. The SMILES string of the molecule is COc1cc(NC(=O)C2CCC(N3COCNc4c(N(C)CCN(C)C)cccc43)CC2)ccc1C. The van der Waals surface area contributed by atoms with Crippen molar-refractivity contribution in [2.24, 2.45) is 5.92 Å². The molecule has 0 unspecified atom stereocenters. The van der Waals surface area contributed by atoms with Crippen LogP contribution in [0.1, 0.15) is 31.2 Å². The number of anilines is 4. The van der Waals surface area contributed by atoms with Crippen LogP contribution in [0, 0.1) is 12.8 Å². The van der Waals surface area contributed by atoms with Gasteiger partial charge in [0.15, 0.2) is 0 Å². The van der Waals surface area contributed by atoms with Crippen molar-refractivity contribution < 1.29 is 14.3 Å². The normalized spacial score (nSPS) is 19.8. The Hall–Kier alpha value is -2.97. The molecule has 2 aromatic carbocycles. The monoisotopic (exact) mass is 495 g/mol. The second-order valence-electron chi connectivity index (χ2n) is 10.2. The van der Waals surface area contributed by atoms with E-state index in [9.17, 15) is 4.79 Å². The minimum atomic E-state index is 0.0162. The van der Waals surface area contributed by atoms with Crippen molar-refractivity contribution in [3.05, 3.63) is 42.0 Å². The zero-order valence-corrected chi connectivity index (χ0v) is 22.3. The van der Waals surface area contributed by atoms with Crippen molar-refractivity contribution in [1.29, 1.82) is 0 Å². The van der Waals surface area contributed by atoms with Crippen molar-refractivity contribution in [3.63, 3.8) is 0 Å². The van der Waals surface area contributed by atoms with Crippen molar-refractivity contribution in [3.8, 4) is 5.75 Å². The number of methoxy groups -OCH3 is 1. The standard InChI is InChI=1S/C28H41N5O3/c1-20-9-12-22(17-26(20)35-5)30-28(34)21-10-13-23(14-11-21)33-19-36-18-29-27-24(7-6-8-25(27)33)32(4)16-15-31(2)3/h6-9,12,17,21,23,29H,10-11,13-16,18-19H2,1-5H3,(H,30,34). The first-order chi connectivity index (χ1) is 17.4. The number of carbonyl (C=O) groups is 1. The lowest BCUT2D eigenvalue weighted by molar-refractivity contribution is -0.120. The Balaban J connectivity index is 1.42. The van der Waals surface area contributed by atoms with Gasteiger partial charge < -0.3 is 34.8 Å². The van der Waals surface area contributed by atoms with Crippen LogP contribution in [-0.2, 0) is 9.53 Å². The summed E-state index contributed by atoms with van der Waals surface area (Å²) in [6, 6.07) is 12.6. The van der Waals surface area contributed by atoms with Crippen LogP contribution in [-0.4, -0.2) is 71.7 Å². The number of amides is 1. The molecule has 2 aromatic rings. The number of para-hydroxylation sites is 1. The Morgan fingerprint density at radius 1 is 1.14 bits per heavy atom. The molecule has 0 spiro atoms. The minimum Gasteiger partial charge on any atom is -0.496 e. The zero-order valence-electron chi connectivity index (χ0n) is 22.3. The van der Waals surface area contributed by atoms with Crippen molar-refractivity contribution in [2.75, 3.05) is 75.2 Å². The van der Waals surface area contributed by atoms with Crippen LogP contribution in [0.3, 0.4) is 0 Å².